The lowest BCUT2D eigenvalue weighted by Gasteiger charge is -2.09. The number of benzene rings is 8. The number of fused-ring (bicyclic) bond motifs is 3. The first-order valence-electron chi connectivity index (χ1n) is 23.9. The van der Waals surface area contributed by atoms with Crippen LogP contribution in [-0.2, 0) is 0 Å². The topological polar surface area (TPSA) is 51.8 Å². The molecule has 0 N–H and O–H groups in total. The summed E-state index contributed by atoms with van der Waals surface area (Å²) in [6.07, 6.45) is 0. The second-order valence-electron chi connectivity index (χ2n) is 12.6. The van der Waals surface area contributed by atoms with Gasteiger partial charge in [-0.25, -0.2) is 15.0 Å². The van der Waals surface area contributed by atoms with Crippen molar-refractivity contribution in [2.45, 2.75) is 0 Å². The third kappa shape index (κ3) is 6.36. The molecule has 2 heterocycles. The van der Waals surface area contributed by atoms with Gasteiger partial charge in [-0.05, 0) is 74.8 Å². The SMILES string of the molecule is [2H]c1c([2H])c([2H])c(-c2c([2H])c([2H])c(-c3c([2H])c([2H])c(-c4nc(-c5ccccc5)nc(-c5ccc6c(c5)oc5cc(-c7cccc(-c8ccccc8)c7)ccc56)n4)c([2H])c3[2H])c([2H])c2[2H])c([2H])c1[2H]. The number of aromatic nitrogens is 3. The Bertz CT molecular complexity index is 3650. The van der Waals surface area contributed by atoms with Gasteiger partial charge in [0.15, 0.2) is 17.5 Å². The molecule has 0 saturated heterocycles. The standard InChI is InChI=1S/C51H33N3O/c1-4-11-34(12-5-1)36-19-21-37(22-20-36)38-23-25-40(26-24-38)50-52-49(39-15-8-3-9-16-39)53-51(54-50)44-28-30-46-45-29-27-43(32-47(45)55-48(46)33-44)42-18-10-17-41(31-42)35-13-6-2-7-14-35/h1-33H/i1D,4D,5D,11D,12D,19D,20D,21D,22D,23D,24D,25D,26D. The van der Waals surface area contributed by atoms with E-state index in [0.717, 1.165) is 33.0 Å². The zero-order valence-corrected chi connectivity index (χ0v) is 28.8. The fourth-order valence-corrected chi connectivity index (χ4v) is 6.42. The summed E-state index contributed by atoms with van der Waals surface area (Å²) in [5.41, 5.74) is 3.90. The molecule has 8 aromatic carbocycles. The minimum atomic E-state index is -0.801. The second-order valence-corrected chi connectivity index (χ2v) is 12.6. The lowest BCUT2D eigenvalue weighted by molar-refractivity contribution is 0.669. The fraction of sp³-hybridized carbons (Fsp3) is 0. The van der Waals surface area contributed by atoms with Crippen LogP contribution in [0.4, 0.5) is 0 Å². The number of hydrogen-bond acceptors (Lipinski definition) is 4. The Balaban J connectivity index is 1.09. The number of nitrogens with zero attached hydrogens (tertiary/aromatic N) is 3. The van der Waals surface area contributed by atoms with E-state index in [-0.39, 0.29) is 23.0 Å². The summed E-state index contributed by atoms with van der Waals surface area (Å²) in [5, 5.41) is 1.74. The van der Waals surface area contributed by atoms with Crippen molar-refractivity contribution >= 4 is 21.9 Å². The Kier molecular flexibility index (Phi) is 5.37. The Hall–Kier alpha value is -7.43. The molecule has 10 aromatic rings. The average molecular weight is 717 g/mol. The van der Waals surface area contributed by atoms with E-state index in [1.165, 1.54) is 0 Å². The van der Waals surface area contributed by atoms with Crippen LogP contribution in [0.25, 0.3) is 101 Å². The molecule has 258 valence electrons. The van der Waals surface area contributed by atoms with Gasteiger partial charge < -0.3 is 4.42 Å². The van der Waals surface area contributed by atoms with Gasteiger partial charge >= 0.3 is 0 Å². The van der Waals surface area contributed by atoms with E-state index in [1.54, 1.807) is 30.3 Å². The van der Waals surface area contributed by atoms with Crippen LogP contribution < -0.4 is 0 Å². The van der Waals surface area contributed by atoms with Gasteiger partial charge in [0, 0.05) is 27.5 Å². The Morgan fingerprint density at radius 1 is 0.309 bits per heavy atom. The molecule has 4 heteroatoms. The maximum absolute atomic E-state index is 9.23. The maximum Gasteiger partial charge on any atom is 0.164 e. The molecule has 4 nitrogen and oxygen atoms in total. The lowest BCUT2D eigenvalue weighted by Crippen LogP contribution is -2.00. The molecule has 0 amide bonds. The third-order valence-electron chi connectivity index (χ3n) is 9.18. The monoisotopic (exact) mass is 716 g/mol. The van der Waals surface area contributed by atoms with Gasteiger partial charge in [-0.1, -0.05) is 170 Å². The fourth-order valence-electron chi connectivity index (χ4n) is 6.42. The van der Waals surface area contributed by atoms with Crippen LogP contribution in [0.2, 0.25) is 0 Å². The summed E-state index contributed by atoms with van der Waals surface area (Å²) in [6.45, 7) is 0. The summed E-state index contributed by atoms with van der Waals surface area (Å²) in [7, 11) is 0. The normalized spacial score (nSPS) is 14.6. The molecule has 0 aliphatic heterocycles. The van der Waals surface area contributed by atoms with Gasteiger partial charge in [-0.15, -0.1) is 0 Å². The van der Waals surface area contributed by atoms with Gasteiger partial charge in [0.25, 0.3) is 0 Å². The molecule has 0 aliphatic rings. The van der Waals surface area contributed by atoms with Crippen molar-refractivity contribution in [1.82, 2.24) is 15.0 Å². The van der Waals surface area contributed by atoms with Crippen molar-refractivity contribution in [3.8, 4) is 78.7 Å². The van der Waals surface area contributed by atoms with Crippen LogP contribution in [0, 0.1) is 0 Å². The van der Waals surface area contributed by atoms with E-state index in [1.807, 2.05) is 54.6 Å². The molecule has 0 spiro atoms. The van der Waals surface area contributed by atoms with Gasteiger partial charge in [0.1, 0.15) is 11.2 Å². The van der Waals surface area contributed by atoms with Crippen molar-refractivity contribution in [3.05, 3.63) is 200 Å². The summed E-state index contributed by atoms with van der Waals surface area (Å²) < 4.78 is 120. The Morgan fingerprint density at radius 2 is 0.727 bits per heavy atom. The first kappa shape index (κ1) is 21.3. The summed E-state index contributed by atoms with van der Waals surface area (Å²) in [4.78, 5) is 14.1. The van der Waals surface area contributed by atoms with Crippen molar-refractivity contribution in [3.63, 3.8) is 0 Å². The molecule has 2 aromatic heterocycles. The molecule has 0 radical (unpaired) electrons. The van der Waals surface area contributed by atoms with Crippen LogP contribution in [0.1, 0.15) is 17.8 Å². The summed E-state index contributed by atoms with van der Waals surface area (Å²) in [5.74, 6) is 0.0976. The van der Waals surface area contributed by atoms with Crippen molar-refractivity contribution in [2.75, 3.05) is 0 Å². The molecular weight excluding hydrogens is 671 g/mol. The van der Waals surface area contributed by atoms with Gasteiger partial charge in [-0.2, -0.15) is 0 Å². The first-order valence-corrected chi connectivity index (χ1v) is 17.4. The molecule has 0 aliphatic carbocycles. The Morgan fingerprint density at radius 3 is 1.33 bits per heavy atom. The van der Waals surface area contributed by atoms with Crippen LogP contribution in [0.15, 0.2) is 204 Å². The second kappa shape index (κ2) is 13.8. The summed E-state index contributed by atoms with van der Waals surface area (Å²) in [6, 6.07) is 29.4. The molecule has 55 heavy (non-hydrogen) atoms. The van der Waals surface area contributed by atoms with E-state index in [9.17, 15) is 2.74 Å². The van der Waals surface area contributed by atoms with E-state index in [4.69, 9.17) is 29.5 Å². The zero-order chi connectivity index (χ0) is 47.9. The maximum atomic E-state index is 9.23. The Labute approximate surface area is 337 Å². The molecule has 0 unspecified atom stereocenters. The minimum Gasteiger partial charge on any atom is -0.456 e. The van der Waals surface area contributed by atoms with Crippen molar-refractivity contribution < 1.29 is 22.2 Å². The molecule has 0 bridgehead atoms. The highest BCUT2D eigenvalue weighted by atomic mass is 16.3. The number of hydrogen-bond donors (Lipinski definition) is 0. The number of furan rings is 1. The molecular formula is C51H33N3O. The third-order valence-corrected chi connectivity index (χ3v) is 9.18. The smallest absolute Gasteiger partial charge is 0.164 e. The highest BCUT2D eigenvalue weighted by molar-refractivity contribution is 6.07. The molecule has 0 atom stereocenters. The highest BCUT2D eigenvalue weighted by Crippen LogP contribution is 2.36. The molecule has 10 rings (SSSR count). The predicted molar refractivity (Wildman–Crippen MR) is 225 cm³/mol. The van der Waals surface area contributed by atoms with Gasteiger partial charge in [0.2, 0.25) is 0 Å². The zero-order valence-electron chi connectivity index (χ0n) is 41.8. The van der Waals surface area contributed by atoms with E-state index < -0.39 is 101 Å². The van der Waals surface area contributed by atoms with Crippen LogP contribution in [0.3, 0.4) is 0 Å². The lowest BCUT2D eigenvalue weighted by atomic mass is 9.98. The summed E-state index contributed by atoms with van der Waals surface area (Å²) >= 11 is 0. The van der Waals surface area contributed by atoms with Gasteiger partial charge in [0.05, 0.1) is 17.8 Å². The van der Waals surface area contributed by atoms with Crippen molar-refractivity contribution in [2.24, 2.45) is 0 Å². The number of rotatable bonds is 7. The largest absolute Gasteiger partial charge is 0.456 e. The molecule has 0 saturated carbocycles. The quantitative estimate of drug-likeness (QED) is 0.165. The van der Waals surface area contributed by atoms with Crippen LogP contribution in [0.5, 0.6) is 0 Å². The van der Waals surface area contributed by atoms with E-state index in [2.05, 4.69) is 41.4 Å². The van der Waals surface area contributed by atoms with Gasteiger partial charge in [-0.3, -0.25) is 0 Å². The van der Waals surface area contributed by atoms with E-state index >= 15 is 0 Å². The van der Waals surface area contributed by atoms with Crippen molar-refractivity contribution in [1.29, 1.82) is 0 Å². The predicted octanol–water partition coefficient (Wildman–Crippen LogP) is 13.4. The molecule has 0 fully saturated rings. The minimum absolute atomic E-state index is 0.137. The highest BCUT2D eigenvalue weighted by Gasteiger charge is 2.16. The average Bonchev–Trinajstić information content (AvgIpc) is 3.74. The van der Waals surface area contributed by atoms with Crippen LogP contribution in [-0.4, -0.2) is 15.0 Å². The van der Waals surface area contributed by atoms with E-state index in [0.29, 0.717) is 22.3 Å². The van der Waals surface area contributed by atoms with Crippen LogP contribution >= 0.6 is 0 Å². The first-order chi connectivity index (χ1) is 32.6.